The van der Waals surface area contributed by atoms with E-state index < -0.39 is 17.9 Å². The van der Waals surface area contributed by atoms with E-state index in [0.717, 1.165) is 18.9 Å². The summed E-state index contributed by atoms with van der Waals surface area (Å²) in [7, 11) is 0. The van der Waals surface area contributed by atoms with E-state index in [1.54, 1.807) is 0 Å². The maximum Gasteiger partial charge on any atom is 0.307 e. The van der Waals surface area contributed by atoms with E-state index in [1.807, 2.05) is 0 Å². The normalized spacial score (nSPS) is 18.6. The van der Waals surface area contributed by atoms with Crippen LogP contribution in [0.25, 0.3) is 0 Å². The van der Waals surface area contributed by atoms with Gasteiger partial charge in [0.1, 0.15) is 11.9 Å². The van der Waals surface area contributed by atoms with Gasteiger partial charge in [0.25, 0.3) is 5.91 Å². The average Bonchev–Trinajstić information content (AvgIpc) is 2.42. The van der Waals surface area contributed by atoms with E-state index in [-0.39, 0.29) is 17.9 Å². The zero-order valence-electron chi connectivity index (χ0n) is 10.9. The van der Waals surface area contributed by atoms with Crippen LogP contribution in [-0.2, 0) is 20.7 Å². The molecule has 1 aromatic rings. The maximum atomic E-state index is 13.7. The second-order valence-electron chi connectivity index (χ2n) is 4.72. The molecule has 6 heteroatoms. The maximum absolute atomic E-state index is 13.7. The minimum absolute atomic E-state index is 0.0874. The van der Waals surface area contributed by atoms with Crippen LogP contribution in [0.3, 0.4) is 0 Å². The lowest BCUT2D eigenvalue weighted by molar-refractivity contribution is -0.136. The van der Waals surface area contributed by atoms with Crippen molar-refractivity contribution in [1.29, 1.82) is 0 Å². The third-order valence-electron chi connectivity index (χ3n) is 3.13. The van der Waals surface area contributed by atoms with Gasteiger partial charge in [0, 0.05) is 12.3 Å². The number of halogens is 1. The van der Waals surface area contributed by atoms with Gasteiger partial charge in [0.05, 0.1) is 6.42 Å². The van der Waals surface area contributed by atoms with Gasteiger partial charge in [-0.15, -0.1) is 0 Å². The number of carboxylic acid groups (broad SMARTS) is 1. The van der Waals surface area contributed by atoms with Crippen LogP contribution in [0.4, 0.5) is 10.1 Å². The lowest BCUT2D eigenvalue weighted by Crippen LogP contribution is -2.33. The third-order valence-corrected chi connectivity index (χ3v) is 3.13. The Morgan fingerprint density at radius 1 is 1.40 bits per heavy atom. The lowest BCUT2D eigenvalue weighted by atomic mass is 10.1. The third kappa shape index (κ3) is 3.77. The van der Waals surface area contributed by atoms with Gasteiger partial charge in [-0.2, -0.15) is 0 Å². The van der Waals surface area contributed by atoms with Crippen molar-refractivity contribution in [2.24, 2.45) is 0 Å². The van der Waals surface area contributed by atoms with Crippen LogP contribution in [0.1, 0.15) is 24.8 Å². The number of carbonyl (C=O) groups excluding carboxylic acids is 1. The smallest absolute Gasteiger partial charge is 0.307 e. The Labute approximate surface area is 115 Å². The summed E-state index contributed by atoms with van der Waals surface area (Å²) in [6, 6.07) is 3.97. The van der Waals surface area contributed by atoms with Crippen LogP contribution >= 0.6 is 0 Å². The first kappa shape index (κ1) is 14.5. The highest BCUT2D eigenvalue weighted by atomic mass is 19.1. The highest BCUT2D eigenvalue weighted by Gasteiger charge is 2.22. The first-order valence-corrected chi connectivity index (χ1v) is 6.49. The first-order valence-electron chi connectivity index (χ1n) is 6.49. The minimum atomic E-state index is -1.10. The fourth-order valence-corrected chi connectivity index (χ4v) is 2.10. The number of carboxylic acids is 1. The standard InChI is InChI=1S/C14H16FNO4/c15-11-8-10(5-4-9(11)7-13(17)18)16-14(19)12-3-1-2-6-20-12/h4-5,8,12H,1-3,6-7H2,(H,16,19)(H,17,18). The molecule has 5 nitrogen and oxygen atoms in total. The number of aliphatic carboxylic acids is 1. The summed E-state index contributed by atoms with van der Waals surface area (Å²) in [5, 5.41) is 11.2. The molecular weight excluding hydrogens is 265 g/mol. The Balaban J connectivity index is 2.00. The number of ether oxygens (including phenoxy) is 1. The molecule has 1 amide bonds. The molecule has 2 N–H and O–H groups in total. The summed E-state index contributed by atoms with van der Waals surface area (Å²) in [5.41, 5.74) is 0.389. The fraction of sp³-hybridized carbons (Fsp3) is 0.429. The van der Waals surface area contributed by atoms with Crippen LogP contribution in [-0.4, -0.2) is 29.7 Å². The fourth-order valence-electron chi connectivity index (χ4n) is 2.10. The van der Waals surface area contributed by atoms with Crippen LogP contribution in [0.5, 0.6) is 0 Å². The number of nitrogens with one attached hydrogen (secondary N) is 1. The predicted octanol–water partition coefficient (Wildman–Crippen LogP) is 1.96. The summed E-state index contributed by atoms with van der Waals surface area (Å²) < 4.78 is 19.0. The molecule has 108 valence electrons. The van der Waals surface area contributed by atoms with Gasteiger partial charge in [0.2, 0.25) is 0 Å². The molecule has 20 heavy (non-hydrogen) atoms. The van der Waals surface area contributed by atoms with Gasteiger partial charge in [-0.25, -0.2) is 4.39 Å². The second-order valence-corrected chi connectivity index (χ2v) is 4.72. The number of benzene rings is 1. The van der Waals surface area contributed by atoms with E-state index >= 15 is 0 Å². The molecule has 2 rings (SSSR count). The Morgan fingerprint density at radius 2 is 2.20 bits per heavy atom. The number of amides is 1. The van der Waals surface area contributed by atoms with Gasteiger partial charge >= 0.3 is 5.97 Å². The van der Waals surface area contributed by atoms with Gasteiger partial charge in [-0.05, 0) is 37.0 Å². The van der Waals surface area contributed by atoms with Crippen molar-refractivity contribution < 1.29 is 23.8 Å². The number of hydrogen-bond acceptors (Lipinski definition) is 3. The predicted molar refractivity (Wildman–Crippen MR) is 70.0 cm³/mol. The highest BCUT2D eigenvalue weighted by Crippen LogP contribution is 2.18. The number of carbonyl (C=O) groups is 2. The Hall–Kier alpha value is -1.95. The molecular formula is C14H16FNO4. The average molecular weight is 281 g/mol. The van der Waals surface area contributed by atoms with Gasteiger partial charge in [-0.1, -0.05) is 6.07 Å². The zero-order valence-corrected chi connectivity index (χ0v) is 10.9. The van der Waals surface area contributed by atoms with Gasteiger partial charge in [0.15, 0.2) is 0 Å². The number of rotatable bonds is 4. The van der Waals surface area contributed by atoms with Crippen molar-refractivity contribution in [1.82, 2.24) is 0 Å². The lowest BCUT2D eigenvalue weighted by Gasteiger charge is -2.21. The van der Waals surface area contributed by atoms with E-state index in [0.29, 0.717) is 18.7 Å². The van der Waals surface area contributed by atoms with Gasteiger partial charge in [-0.3, -0.25) is 9.59 Å². The van der Waals surface area contributed by atoms with Crippen LogP contribution < -0.4 is 5.32 Å². The summed E-state index contributed by atoms with van der Waals surface area (Å²) in [4.78, 5) is 22.4. The van der Waals surface area contributed by atoms with Crippen molar-refractivity contribution in [3.63, 3.8) is 0 Å². The summed E-state index contributed by atoms with van der Waals surface area (Å²) >= 11 is 0. The summed E-state index contributed by atoms with van der Waals surface area (Å²) in [5.74, 6) is -2.04. The molecule has 1 aliphatic rings. The zero-order chi connectivity index (χ0) is 14.5. The molecule has 0 radical (unpaired) electrons. The molecule has 1 aromatic carbocycles. The van der Waals surface area contributed by atoms with E-state index in [1.165, 1.54) is 12.1 Å². The molecule has 1 atom stereocenters. The van der Waals surface area contributed by atoms with Crippen molar-refractivity contribution in [3.05, 3.63) is 29.6 Å². The van der Waals surface area contributed by atoms with Crippen molar-refractivity contribution in [2.45, 2.75) is 31.8 Å². The summed E-state index contributed by atoms with van der Waals surface area (Å²) in [6.45, 7) is 0.560. The largest absolute Gasteiger partial charge is 0.481 e. The Kier molecular flexibility index (Phi) is 4.68. The van der Waals surface area contributed by atoms with Crippen LogP contribution in [0.15, 0.2) is 18.2 Å². The van der Waals surface area contributed by atoms with Crippen molar-refractivity contribution in [2.75, 3.05) is 11.9 Å². The SMILES string of the molecule is O=C(O)Cc1ccc(NC(=O)C2CCCCO2)cc1F. The molecule has 0 saturated carbocycles. The van der Waals surface area contributed by atoms with Gasteiger partial charge < -0.3 is 15.2 Å². The molecule has 1 unspecified atom stereocenters. The first-order chi connectivity index (χ1) is 9.56. The van der Waals surface area contributed by atoms with E-state index in [2.05, 4.69) is 5.32 Å². The quantitative estimate of drug-likeness (QED) is 0.884. The van der Waals surface area contributed by atoms with Crippen molar-refractivity contribution >= 4 is 17.6 Å². The molecule has 0 aromatic heterocycles. The van der Waals surface area contributed by atoms with Crippen LogP contribution in [0, 0.1) is 5.82 Å². The molecule has 1 aliphatic heterocycles. The molecule has 0 bridgehead atoms. The molecule has 1 saturated heterocycles. The van der Waals surface area contributed by atoms with E-state index in [9.17, 15) is 14.0 Å². The monoisotopic (exact) mass is 281 g/mol. The molecule has 0 aliphatic carbocycles. The number of anilines is 1. The summed E-state index contributed by atoms with van der Waals surface area (Å²) in [6.07, 6.45) is 1.66. The Morgan fingerprint density at radius 3 is 2.80 bits per heavy atom. The second kappa shape index (κ2) is 6.47. The number of hydrogen-bond donors (Lipinski definition) is 2. The van der Waals surface area contributed by atoms with E-state index in [4.69, 9.17) is 9.84 Å². The van der Waals surface area contributed by atoms with Crippen LogP contribution in [0.2, 0.25) is 0 Å². The molecule has 1 fully saturated rings. The molecule has 1 heterocycles. The highest BCUT2D eigenvalue weighted by molar-refractivity contribution is 5.94. The molecule has 0 spiro atoms. The topological polar surface area (TPSA) is 75.6 Å². The minimum Gasteiger partial charge on any atom is -0.481 e. The van der Waals surface area contributed by atoms with Crippen molar-refractivity contribution in [3.8, 4) is 0 Å². The Bertz CT molecular complexity index is 512.